The van der Waals surface area contributed by atoms with Gasteiger partial charge in [0.2, 0.25) is 0 Å². The Morgan fingerprint density at radius 2 is 2.04 bits per heavy atom. The molecular formula is C18H19NO4. The third-order valence-corrected chi connectivity index (χ3v) is 4.02. The number of nitrogens with zero attached hydrogens (tertiary/aromatic N) is 1. The Bertz CT molecular complexity index is 699. The number of esters is 1. The number of benzene rings is 1. The fraction of sp³-hybridized carbons (Fsp3) is 0.333. The third kappa shape index (κ3) is 3.80. The molecule has 1 N–H and O–H groups in total. The van der Waals surface area contributed by atoms with Gasteiger partial charge in [-0.25, -0.2) is 4.79 Å². The number of oxime groups is 1. The number of rotatable bonds is 4. The van der Waals surface area contributed by atoms with Crippen molar-refractivity contribution in [3.05, 3.63) is 47.7 Å². The molecular weight excluding hydrogens is 294 g/mol. The first-order chi connectivity index (χ1) is 11.3. The lowest BCUT2D eigenvalue weighted by molar-refractivity contribution is 0.0211. The summed E-state index contributed by atoms with van der Waals surface area (Å²) in [6.45, 7) is 0. The molecule has 0 atom stereocenters. The van der Waals surface area contributed by atoms with Crippen LogP contribution in [0.5, 0.6) is 0 Å². The van der Waals surface area contributed by atoms with E-state index < -0.39 is 0 Å². The van der Waals surface area contributed by atoms with Crippen LogP contribution in [0.3, 0.4) is 0 Å². The molecule has 1 aliphatic carbocycles. The van der Waals surface area contributed by atoms with Crippen molar-refractivity contribution in [3.63, 3.8) is 0 Å². The predicted octanol–water partition coefficient (Wildman–Crippen LogP) is 4.24. The van der Waals surface area contributed by atoms with Gasteiger partial charge in [-0.2, -0.15) is 0 Å². The number of carbonyl (C=O) groups is 1. The molecule has 0 saturated heterocycles. The normalized spacial score (nSPS) is 15.8. The molecule has 120 valence electrons. The molecule has 0 amide bonds. The van der Waals surface area contributed by atoms with Gasteiger partial charge in [-0.15, -0.1) is 0 Å². The Morgan fingerprint density at radius 1 is 1.22 bits per heavy atom. The van der Waals surface area contributed by atoms with Crippen molar-refractivity contribution in [1.82, 2.24) is 0 Å². The van der Waals surface area contributed by atoms with Crippen LogP contribution in [-0.4, -0.2) is 23.5 Å². The Kier molecular flexibility index (Phi) is 4.76. The van der Waals surface area contributed by atoms with Crippen molar-refractivity contribution in [1.29, 1.82) is 0 Å². The second-order valence-corrected chi connectivity index (χ2v) is 5.69. The van der Waals surface area contributed by atoms with Crippen LogP contribution in [0.1, 0.15) is 48.2 Å². The highest BCUT2D eigenvalue weighted by molar-refractivity contribution is 5.91. The van der Waals surface area contributed by atoms with E-state index >= 15 is 0 Å². The fourth-order valence-corrected chi connectivity index (χ4v) is 2.84. The first-order valence-corrected chi connectivity index (χ1v) is 7.85. The summed E-state index contributed by atoms with van der Waals surface area (Å²) in [5.41, 5.74) is 1.29. The van der Waals surface area contributed by atoms with Crippen molar-refractivity contribution in [2.75, 3.05) is 0 Å². The molecule has 23 heavy (non-hydrogen) atoms. The first-order valence-electron chi connectivity index (χ1n) is 7.85. The van der Waals surface area contributed by atoms with Gasteiger partial charge in [0.15, 0.2) is 0 Å². The summed E-state index contributed by atoms with van der Waals surface area (Å²) in [4.78, 5) is 12.3. The number of carbonyl (C=O) groups excluding carboxylic acids is 1. The number of hydrogen-bond donors (Lipinski definition) is 1. The summed E-state index contributed by atoms with van der Waals surface area (Å²) in [6.07, 6.45) is 6.63. The van der Waals surface area contributed by atoms with Crippen LogP contribution in [0, 0.1) is 0 Å². The molecule has 0 unspecified atom stereocenters. The predicted molar refractivity (Wildman–Crippen MR) is 85.8 cm³/mol. The Labute approximate surface area is 134 Å². The Morgan fingerprint density at radius 3 is 2.83 bits per heavy atom. The van der Waals surface area contributed by atoms with E-state index in [1.54, 1.807) is 30.3 Å². The minimum Gasteiger partial charge on any atom is -0.459 e. The Balaban J connectivity index is 1.74. The summed E-state index contributed by atoms with van der Waals surface area (Å²) in [5, 5.41) is 11.5. The lowest BCUT2D eigenvalue weighted by Gasteiger charge is -2.21. The van der Waals surface area contributed by atoms with Gasteiger partial charge in [0.1, 0.15) is 23.8 Å². The van der Waals surface area contributed by atoms with E-state index in [4.69, 9.17) is 14.4 Å². The standard InChI is InChI=1S/C18H19NO4/c20-18(23-15-7-2-1-3-8-15)14-6-4-5-13(11-14)17-10-9-16(22-17)12-19-21/h4-6,9-12,15,21H,1-3,7-8H2/b19-12+. The number of ether oxygens (including phenoxy) is 1. The van der Waals surface area contributed by atoms with E-state index in [1.165, 1.54) is 12.6 Å². The molecule has 1 heterocycles. The highest BCUT2D eigenvalue weighted by Gasteiger charge is 2.19. The maximum atomic E-state index is 12.3. The lowest BCUT2D eigenvalue weighted by atomic mass is 9.98. The largest absolute Gasteiger partial charge is 0.459 e. The van der Waals surface area contributed by atoms with Crippen LogP contribution in [0.25, 0.3) is 11.3 Å². The highest BCUT2D eigenvalue weighted by atomic mass is 16.5. The summed E-state index contributed by atoms with van der Waals surface area (Å²) < 4.78 is 11.1. The minimum atomic E-state index is -0.289. The van der Waals surface area contributed by atoms with Crippen molar-refractivity contribution < 1.29 is 19.2 Å². The molecule has 1 fully saturated rings. The van der Waals surface area contributed by atoms with Crippen molar-refractivity contribution >= 4 is 12.2 Å². The van der Waals surface area contributed by atoms with Gasteiger partial charge >= 0.3 is 5.97 Å². The van der Waals surface area contributed by atoms with Gasteiger partial charge in [0, 0.05) is 5.56 Å². The van der Waals surface area contributed by atoms with E-state index in [-0.39, 0.29) is 12.1 Å². The van der Waals surface area contributed by atoms with Gasteiger partial charge in [-0.05, 0) is 49.9 Å². The summed E-state index contributed by atoms with van der Waals surface area (Å²) >= 11 is 0. The average molecular weight is 313 g/mol. The van der Waals surface area contributed by atoms with Crippen molar-refractivity contribution in [3.8, 4) is 11.3 Å². The van der Waals surface area contributed by atoms with E-state index in [1.807, 2.05) is 6.07 Å². The third-order valence-electron chi connectivity index (χ3n) is 4.02. The molecule has 1 aliphatic rings. The monoisotopic (exact) mass is 313 g/mol. The molecule has 0 spiro atoms. The molecule has 3 rings (SSSR count). The summed E-state index contributed by atoms with van der Waals surface area (Å²) in [6, 6.07) is 10.6. The van der Waals surface area contributed by atoms with E-state index in [9.17, 15) is 4.79 Å². The average Bonchev–Trinajstić information content (AvgIpc) is 3.05. The fourth-order valence-electron chi connectivity index (χ4n) is 2.84. The van der Waals surface area contributed by atoms with Crippen LogP contribution in [0.4, 0.5) is 0 Å². The van der Waals surface area contributed by atoms with Crippen LogP contribution in [-0.2, 0) is 4.74 Å². The molecule has 0 bridgehead atoms. The minimum absolute atomic E-state index is 0.0379. The molecule has 1 saturated carbocycles. The van der Waals surface area contributed by atoms with Crippen molar-refractivity contribution in [2.24, 2.45) is 5.16 Å². The molecule has 0 radical (unpaired) electrons. The first kappa shape index (κ1) is 15.3. The SMILES string of the molecule is O=C(OC1CCCCC1)c1cccc(-c2ccc(/C=N/O)o2)c1. The highest BCUT2D eigenvalue weighted by Crippen LogP contribution is 2.25. The Hall–Kier alpha value is -2.56. The molecule has 5 nitrogen and oxygen atoms in total. The quantitative estimate of drug-likeness (QED) is 0.396. The van der Waals surface area contributed by atoms with E-state index in [0.717, 1.165) is 31.2 Å². The van der Waals surface area contributed by atoms with Crippen LogP contribution in [0.15, 0.2) is 46.0 Å². The van der Waals surface area contributed by atoms with Gasteiger partial charge < -0.3 is 14.4 Å². The van der Waals surface area contributed by atoms with Gasteiger partial charge in [-0.3, -0.25) is 0 Å². The van der Waals surface area contributed by atoms with Crippen LogP contribution >= 0.6 is 0 Å². The molecule has 5 heteroatoms. The summed E-state index contributed by atoms with van der Waals surface area (Å²) in [7, 11) is 0. The molecule has 0 aliphatic heterocycles. The molecule has 2 aromatic rings. The smallest absolute Gasteiger partial charge is 0.338 e. The van der Waals surface area contributed by atoms with Crippen molar-refractivity contribution in [2.45, 2.75) is 38.2 Å². The topological polar surface area (TPSA) is 72.0 Å². The number of hydrogen-bond acceptors (Lipinski definition) is 5. The van der Waals surface area contributed by atoms with Gasteiger partial charge in [-0.1, -0.05) is 23.7 Å². The zero-order valence-corrected chi connectivity index (χ0v) is 12.8. The van der Waals surface area contributed by atoms with Gasteiger partial charge in [0.05, 0.1) is 5.56 Å². The number of furan rings is 1. The maximum absolute atomic E-state index is 12.3. The lowest BCUT2D eigenvalue weighted by Crippen LogP contribution is -2.20. The van der Waals surface area contributed by atoms with E-state index in [2.05, 4.69) is 5.16 Å². The van der Waals surface area contributed by atoms with Gasteiger partial charge in [0.25, 0.3) is 0 Å². The van der Waals surface area contributed by atoms with Crippen LogP contribution < -0.4 is 0 Å². The zero-order valence-electron chi connectivity index (χ0n) is 12.8. The molecule has 1 aromatic heterocycles. The zero-order chi connectivity index (χ0) is 16.1. The maximum Gasteiger partial charge on any atom is 0.338 e. The van der Waals surface area contributed by atoms with E-state index in [0.29, 0.717) is 17.1 Å². The second kappa shape index (κ2) is 7.13. The second-order valence-electron chi connectivity index (χ2n) is 5.69. The summed E-state index contributed by atoms with van der Waals surface area (Å²) in [5.74, 6) is 0.757. The molecule has 1 aromatic carbocycles. The van der Waals surface area contributed by atoms with Crippen LogP contribution in [0.2, 0.25) is 0 Å².